The van der Waals surface area contributed by atoms with Crippen LogP contribution in [0.2, 0.25) is 0 Å². The summed E-state index contributed by atoms with van der Waals surface area (Å²) in [5, 5.41) is 7.73. The fourth-order valence-corrected chi connectivity index (χ4v) is 3.33. The molecule has 1 aromatic heterocycles. The molecule has 0 bridgehead atoms. The molecule has 0 aliphatic heterocycles. The van der Waals surface area contributed by atoms with Crippen molar-refractivity contribution >= 4 is 17.3 Å². The van der Waals surface area contributed by atoms with Crippen LogP contribution in [-0.2, 0) is 13.1 Å². The molecule has 2 N–H and O–H groups in total. The molecule has 5 heteroatoms. The number of benzene rings is 1. The molecule has 4 nitrogen and oxygen atoms in total. The largest absolute Gasteiger partial charge is 0.357 e. The Morgan fingerprint density at radius 2 is 1.83 bits per heavy atom. The lowest BCUT2D eigenvalue weighted by molar-refractivity contribution is 0.810. The highest BCUT2D eigenvalue weighted by Crippen LogP contribution is 2.17. The third-order valence-corrected chi connectivity index (χ3v) is 4.57. The van der Waals surface area contributed by atoms with E-state index < -0.39 is 0 Å². The smallest absolute Gasteiger partial charge is 0.191 e. The number of aliphatic imine (C=N–C) groups is 1. The number of hydrogen-bond acceptors (Lipinski definition) is 3. The number of thiazole rings is 1. The summed E-state index contributed by atoms with van der Waals surface area (Å²) in [7, 11) is 0. The zero-order chi connectivity index (χ0) is 16.8. The Balaban J connectivity index is 2.06. The van der Waals surface area contributed by atoms with Gasteiger partial charge in [-0.25, -0.2) is 9.98 Å². The van der Waals surface area contributed by atoms with E-state index in [0.717, 1.165) is 17.5 Å². The van der Waals surface area contributed by atoms with Crippen molar-refractivity contribution < 1.29 is 0 Å². The number of nitrogens with one attached hydrogen (secondary N) is 2. The van der Waals surface area contributed by atoms with E-state index in [2.05, 4.69) is 62.4 Å². The van der Waals surface area contributed by atoms with Crippen LogP contribution in [0.3, 0.4) is 0 Å². The third kappa shape index (κ3) is 5.06. The second kappa shape index (κ2) is 8.11. The van der Waals surface area contributed by atoms with Crippen molar-refractivity contribution in [3.63, 3.8) is 0 Å². The lowest BCUT2D eigenvalue weighted by Crippen LogP contribution is -2.36. The van der Waals surface area contributed by atoms with Crippen LogP contribution in [0.15, 0.2) is 23.3 Å². The SMILES string of the molecule is CCNC(=NCc1c(C)cc(C)cc1C)NCc1ncc(C)s1. The van der Waals surface area contributed by atoms with Gasteiger partial charge < -0.3 is 10.6 Å². The van der Waals surface area contributed by atoms with Crippen LogP contribution >= 0.6 is 11.3 Å². The summed E-state index contributed by atoms with van der Waals surface area (Å²) < 4.78 is 0. The standard InChI is InChI=1S/C18H26N4S/c1-6-19-18(22-11-17-20-9-15(5)23-17)21-10-16-13(3)7-12(2)8-14(16)4/h7-9H,6,10-11H2,1-5H3,(H2,19,21,22). The lowest BCUT2D eigenvalue weighted by atomic mass is 10.00. The van der Waals surface area contributed by atoms with Crippen LogP contribution in [0, 0.1) is 27.7 Å². The van der Waals surface area contributed by atoms with E-state index in [1.807, 2.05) is 6.20 Å². The number of aromatic nitrogens is 1. The van der Waals surface area contributed by atoms with Crippen molar-refractivity contribution in [3.8, 4) is 0 Å². The zero-order valence-electron chi connectivity index (χ0n) is 14.7. The first-order chi connectivity index (χ1) is 11.0. The Morgan fingerprint density at radius 1 is 1.13 bits per heavy atom. The van der Waals surface area contributed by atoms with Gasteiger partial charge >= 0.3 is 0 Å². The molecule has 0 unspecified atom stereocenters. The molecule has 0 aliphatic rings. The van der Waals surface area contributed by atoms with Crippen LogP contribution in [0.4, 0.5) is 0 Å². The topological polar surface area (TPSA) is 49.3 Å². The minimum Gasteiger partial charge on any atom is -0.357 e. The average molecular weight is 331 g/mol. The van der Waals surface area contributed by atoms with Crippen LogP contribution < -0.4 is 10.6 Å². The predicted octanol–water partition coefficient (Wildman–Crippen LogP) is 3.63. The summed E-state index contributed by atoms with van der Waals surface area (Å²) in [5.41, 5.74) is 5.21. The van der Waals surface area contributed by atoms with Gasteiger partial charge in [0.25, 0.3) is 0 Å². The van der Waals surface area contributed by atoms with Gasteiger partial charge in [0.15, 0.2) is 5.96 Å². The summed E-state index contributed by atoms with van der Waals surface area (Å²) in [6.07, 6.45) is 1.91. The van der Waals surface area contributed by atoms with E-state index in [9.17, 15) is 0 Å². The first kappa shape index (κ1) is 17.5. The lowest BCUT2D eigenvalue weighted by Gasteiger charge is -2.12. The third-order valence-electron chi connectivity index (χ3n) is 3.66. The van der Waals surface area contributed by atoms with Crippen molar-refractivity contribution in [1.82, 2.24) is 15.6 Å². The highest BCUT2D eigenvalue weighted by Gasteiger charge is 2.05. The second-order valence-electron chi connectivity index (χ2n) is 5.79. The van der Waals surface area contributed by atoms with Crippen LogP contribution in [0.25, 0.3) is 0 Å². The number of guanidine groups is 1. The fourth-order valence-electron chi connectivity index (χ4n) is 2.60. The molecule has 0 fully saturated rings. The van der Waals surface area contributed by atoms with Gasteiger partial charge in [-0.05, 0) is 51.3 Å². The summed E-state index contributed by atoms with van der Waals surface area (Å²) >= 11 is 1.71. The molecule has 0 saturated carbocycles. The predicted molar refractivity (Wildman–Crippen MR) is 99.2 cm³/mol. The number of hydrogen-bond donors (Lipinski definition) is 2. The van der Waals surface area contributed by atoms with Crippen LogP contribution in [-0.4, -0.2) is 17.5 Å². The Bertz CT molecular complexity index is 665. The number of aryl methyl sites for hydroxylation is 4. The van der Waals surface area contributed by atoms with Gasteiger partial charge in [-0.15, -0.1) is 11.3 Å². The number of rotatable bonds is 5. The Morgan fingerprint density at radius 3 is 2.39 bits per heavy atom. The Kier molecular flexibility index (Phi) is 6.16. The van der Waals surface area contributed by atoms with Crippen molar-refractivity contribution in [2.45, 2.75) is 47.7 Å². The maximum Gasteiger partial charge on any atom is 0.191 e. The molecule has 0 amide bonds. The molecule has 0 radical (unpaired) electrons. The molecule has 2 aromatic rings. The minimum atomic E-state index is 0.685. The summed E-state index contributed by atoms with van der Waals surface area (Å²) in [5.74, 6) is 0.833. The molecule has 23 heavy (non-hydrogen) atoms. The van der Waals surface area contributed by atoms with Crippen molar-refractivity contribution in [2.24, 2.45) is 4.99 Å². The van der Waals surface area contributed by atoms with Crippen molar-refractivity contribution in [2.75, 3.05) is 6.54 Å². The first-order valence-electron chi connectivity index (χ1n) is 7.99. The highest BCUT2D eigenvalue weighted by molar-refractivity contribution is 7.11. The molecule has 124 valence electrons. The average Bonchev–Trinajstić information content (AvgIpc) is 2.89. The highest BCUT2D eigenvalue weighted by atomic mass is 32.1. The van der Waals surface area contributed by atoms with E-state index in [1.165, 1.54) is 27.1 Å². The zero-order valence-corrected chi connectivity index (χ0v) is 15.5. The summed E-state index contributed by atoms with van der Waals surface area (Å²) in [4.78, 5) is 10.3. The van der Waals surface area contributed by atoms with Gasteiger partial charge in [-0.1, -0.05) is 17.7 Å². The van der Waals surface area contributed by atoms with Crippen LogP contribution in [0.5, 0.6) is 0 Å². The van der Waals surface area contributed by atoms with Crippen molar-refractivity contribution in [3.05, 3.63) is 50.5 Å². The monoisotopic (exact) mass is 330 g/mol. The molecule has 0 atom stereocenters. The van der Waals surface area contributed by atoms with E-state index in [-0.39, 0.29) is 0 Å². The summed E-state index contributed by atoms with van der Waals surface area (Å²) in [6.45, 7) is 12.8. The van der Waals surface area contributed by atoms with Gasteiger partial charge in [0, 0.05) is 17.6 Å². The molecule has 2 rings (SSSR count). The van der Waals surface area contributed by atoms with E-state index in [0.29, 0.717) is 13.1 Å². The Labute approximate surface area is 143 Å². The van der Waals surface area contributed by atoms with Gasteiger partial charge in [-0.2, -0.15) is 0 Å². The second-order valence-corrected chi connectivity index (χ2v) is 7.11. The molecule has 1 heterocycles. The molecular weight excluding hydrogens is 304 g/mol. The van der Waals surface area contributed by atoms with E-state index in [4.69, 9.17) is 4.99 Å². The minimum absolute atomic E-state index is 0.685. The number of nitrogens with zero attached hydrogens (tertiary/aromatic N) is 2. The maximum absolute atomic E-state index is 4.73. The van der Waals surface area contributed by atoms with Crippen LogP contribution in [0.1, 0.15) is 39.1 Å². The summed E-state index contributed by atoms with van der Waals surface area (Å²) in [6, 6.07) is 4.44. The normalized spacial score (nSPS) is 11.6. The quantitative estimate of drug-likeness (QED) is 0.650. The maximum atomic E-state index is 4.73. The molecule has 0 saturated heterocycles. The molecule has 0 aliphatic carbocycles. The molecular formula is C18H26N4S. The van der Waals surface area contributed by atoms with Gasteiger partial charge in [0.1, 0.15) is 5.01 Å². The van der Waals surface area contributed by atoms with Crippen molar-refractivity contribution in [1.29, 1.82) is 0 Å². The first-order valence-corrected chi connectivity index (χ1v) is 8.81. The van der Waals surface area contributed by atoms with Gasteiger partial charge in [0.2, 0.25) is 0 Å². The van der Waals surface area contributed by atoms with E-state index in [1.54, 1.807) is 11.3 Å². The Hall–Kier alpha value is -1.88. The van der Waals surface area contributed by atoms with Gasteiger partial charge in [0.05, 0.1) is 13.1 Å². The fraction of sp³-hybridized carbons (Fsp3) is 0.444. The van der Waals surface area contributed by atoms with E-state index >= 15 is 0 Å². The molecule has 1 aromatic carbocycles. The molecule has 0 spiro atoms. The van der Waals surface area contributed by atoms with Gasteiger partial charge in [-0.3, -0.25) is 0 Å².